The molecule has 0 aliphatic rings. The summed E-state index contributed by atoms with van der Waals surface area (Å²) in [5.74, 6) is 0. The molecule has 56 heavy (non-hydrogen) atoms. The SMILES string of the molecule is [2H]c1ccccc1-c1cc(-c2ccc3c(c2)c2cc(-c4cc(-c5ccccc5[2H])cc(-c5ccccc5[2H])c4)ccc2n3-c2ccccc2C([2H])([2H])[2H])cc(-c2ccccc2[2H])c1. The first-order chi connectivity index (χ1) is 30.5. The van der Waals surface area contributed by atoms with Gasteiger partial charge in [0.2, 0.25) is 0 Å². The van der Waals surface area contributed by atoms with Crippen LogP contribution >= 0.6 is 0 Å². The Hall–Kier alpha value is -7.22. The lowest BCUT2D eigenvalue weighted by Crippen LogP contribution is -1.96. The van der Waals surface area contributed by atoms with Gasteiger partial charge >= 0.3 is 0 Å². The molecule has 9 aromatic carbocycles. The van der Waals surface area contributed by atoms with Crippen molar-refractivity contribution < 1.29 is 9.60 Å². The zero-order chi connectivity index (χ0) is 43.4. The normalized spacial score (nSPS) is 13.3. The summed E-state index contributed by atoms with van der Waals surface area (Å²) in [5.41, 5.74) is 12.8. The van der Waals surface area contributed by atoms with Gasteiger partial charge in [-0.1, -0.05) is 152 Å². The van der Waals surface area contributed by atoms with Crippen LogP contribution in [-0.4, -0.2) is 4.57 Å². The second kappa shape index (κ2) is 14.2. The van der Waals surface area contributed by atoms with Gasteiger partial charge in [-0.3, -0.25) is 0 Å². The van der Waals surface area contributed by atoms with E-state index in [-0.39, 0.29) is 5.56 Å². The van der Waals surface area contributed by atoms with E-state index < -0.39 is 6.85 Å². The molecule has 0 spiro atoms. The van der Waals surface area contributed by atoms with Crippen molar-refractivity contribution in [2.24, 2.45) is 0 Å². The number of hydrogen-bond acceptors (Lipinski definition) is 0. The van der Waals surface area contributed by atoms with Crippen molar-refractivity contribution in [3.8, 4) is 72.4 Å². The highest BCUT2D eigenvalue weighted by atomic mass is 15.0. The fourth-order valence-corrected chi connectivity index (χ4v) is 7.81. The third-order valence-electron chi connectivity index (χ3n) is 10.5. The average Bonchev–Trinajstić information content (AvgIpc) is 3.62. The van der Waals surface area contributed by atoms with Crippen LogP contribution in [0, 0.1) is 6.85 Å². The number of benzene rings is 9. The Balaban J connectivity index is 1.24. The Morgan fingerprint density at radius 2 is 0.679 bits per heavy atom. The number of para-hydroxylation sites is 1. The third-order valence-corrected chi connectivity index (χ3v) is 10.5. The molecule has 1 heterocycles. The number of aromatic nitrogens is 1. The molecule has 0 atom stereocenters. The van der Waals surface area contributed by atoms with Crippen molar-refractivity contribution in [3.05, 3.63) is 224 Å². The minimum absolute atomic E-state index is 0.248. The molecule has 264 valence electrons. The van der Waals surface area contributed by atoms with E-state index in [9.17, 15) is 0 Å². The van der Waals surface area contributed by atoms with Gasteiger partial charge in [0, 0.05) is 20.6 Å². The highest BCUT2D eigenvalue weighted by molar-refractivity contribution is 6.12. The minimum atomic E-state index is -2.36. The second-order valence-electron chi connectivity index (χ2n) is 14.0. The van der Waals surface area contributed by atoms with Crippen LogP contribution in [-0.2, 0) is 0 Å². The van der Waals surface area contributed by atoms with Crippen LogP contribution < -0.4 is 0 Å². The second-order valence-corrected chi connectivity index (χ2v) is 14.0. The van der Waals surface area contributed by atoms with E-state index in [0.717, 1.165) is 88.6 Å². The zero-order valence-corrected chi connectivity index (χ0v) is 30.4. The fourth-order valence-electron chi connectivity index (χ4n) is 7.81. The van der Waals surface area contributed by atoms with Gasteiger partial charge in [-0.15, -0.1) is 0 Å². The molecule has 1 aromatic heterocycles. The lowest BCUT2D eigenvalue weighted by atomic mass is 9.92. The Labute approximate surface area is 338 Å². The molecular weight excluding hydrogens is 675 g/mol. The lowest BCUT2D eigenvalue weighted by Gasteiger charge is -2.13. The van der Waals surface area contributed by atoms with Gasteiger partial charge in [0.05, 0.1) is 16.5 Å². The predicted octanol–water partition coefficient (Wildman–Crippen LogP) is 15.1. The maximum absolute atomic E-state index is 8.78. The summed E-state index contributed by atoms with van der Waals surface area (Å²) in [5, 5.41) is 1.84. The van der Waals surface area contributed by atoms with Crippen LogP contribution in [0.5, 0.6) is 0 Å². The van der Waals surface area contributed by atoms with Crippen LogP contribution in [0.3, 0.4) is 0 Å². The molecule has 0 saturated carbocycles. The van der Waals surface area contributed by atoms with E-state index in [0.29, 0.717) is 29.9 Å². The monoisotopic (exact) mass is 720 g/mol. The zero-order valence-electron chi connectivity index (χ0n) is 37.4. The third kappa shape index (κ3) is 6.20. The highest BCUT2D eigenvalue weighted by Gasteiger charge is 2.17. The Morgan fingerprint density at radius 3 is 1.05 bits per heavy atom. The Bertz CT molecular complexity index is 3070. The summed E-state index contributed by atoms with van der Waals surface area (Å²) in [6.45, 7) is -2.36. The topological polar surface area (TPSA) is 4.93 Å². The first kappa shape index (κ1) is 26.5. The number of nitrogens with zero attached hydrogens (tertiary/aromatic N) is 1. The van der Waals surface area contributed by atoms with Crippen LogP contribution in [0.2, 0.25) is 0 Å². The quantitative estimate of drug-likeness (QED) is 0.154. The van der Waals surface area contributed by atoms with Gasteiger partial charge in [0.1, 0.15) is 0 Å². The van der Waals surface area contributed by atoms with Crippen LogP contribution in [0.15, 0.2) is 218 Å². The van der Waals surface area contributed by atoms with Gasteiger partial charge in [-0.25, -0.2) is 0 Å². The highest BCUT2D eigenvalue weighted by Crippen LogP contribution is 2.41. The first-order valence-corrected chi connectivity index (χ1v) is 18.7. The predicted molar refractivity (Wildman–Crippen MR) is 238 cm³/mol. The van der Waals surface area contributed by atoms with E-state index in [1.807, 2.05) is 102 Å². The summed E-state index contributed by atoms with van der Waals surface area (Å²) >= 11 is 0. The maximum atomic E-state index is 8.78. The minimum Gasteiger partial charge on any atom is -0.309 e. The number of rotatable bonds is 7. The van der Waals surface area contributed by atoms with Crippen molar-refractivity contribution in [1.82, 2.24) is 4.57 Å². The van der Waals surface area contributed by atoms with Crippen molar-refractivity contribution in [3.63, 3.8) is 0 Å². The van der Waals surface area contributed by atoms with Crippen LogP contribution in [0.1, 0.15) is 15.2 Å². The van der Waals surface area contributed by atoms with Crippen molar-refractivity contribution in [2.45, 2.75) is 6.85 Å². The van der Waals surface area contributed by atoms with Crippen LogP contribution in [0.4, 0.5) is 0 Å². The van der Waals surface area contributed by atoms with E-state index >= 15 is 0 Å². The van der Waals surface area contributed by atoms with Crippen LogP contribution in [0.25, 0.3) is 94.3 Å². The molecule has 0 radical (unpaired) electrons. The van der Waals surface area contributed by atoms with Gasteiger partial charge < -0.3 is 4.57 Å². The molecule has 0 amide bonds. The summed E-state index contributed by atoms with van der Waals surface area (Å²) in [6.07, 6.45) is 0. The Kier molecular flexibility index (Phi) is 6.73. The summed E-state index contributed by atoms with van der Waals surface area (Å²) in [6, 6.07) is 63.9. The van der Waals surface area contributed by atoms with Gasteiger partial charge in [-0.05, 0) is 146 Å². The number of hydrogen-bond donors (Lipinski definition) is 0. The molecule has 10 aromatic rings. The molecule has 10 rings (SSSR count). The Morgan fingerprint density at radius 1 is 0.321 bits per heavy atom. The molecule has 0 aliphatic carbocycles. The molecule has 0 N–H and O–H groups in total. The van der Waals surface area contributed by atoms with Gasteiger partial charge in [0.15, 0.2) is 0 Å². The van der Waals surface area contributed by atoms with Crippen molar-refractivity contribution >= 4 is 21.8 Å². The number of fused-ring (bicyclic) bond motifs is 3. The molecule has 0 bridgehead atoms. The molecule has 0 unspecified atom stereocenters. The maximum Gasteiger partial charge on any atom is 0.0629 e. The first-order valence-electron chi connectivity index (χ1n) is 22.2. The van der Waals surface area contributed by atoms with Crippen molar-refractivity contribution in [2.75, 3.05) is 0 Å². The molecule has 0 fully saturated rings. The van der Waals surface area contributed by atoms with Crippen molar-refractivity contribution in [1.29, 1.82) is 0 Å². The molecular formula is C55H39N. The molecule has 1 heteroatoms. The molecule has 0 saturated heterocycles. The van der Waals surface area contributed by atoms with Gasteiger partial charge in [0.25, 0.3) is 0 Å². The fraction of sp³-hybridized carbons (Fsp3) is 0.0182. The molecule has 0 aliphatic heterocycles. The smallest absolute Gasteiger partial charge is 0.0629 e. The van der Waals surface area contributed by atoms with E-state index in [4.69, 9.17) is 9.60 Å². The summed E-state index contributed by atoms with van der Waals surface area (Å²) < 4.78 is 62.7. The van der Waals surface area contributed by atoms with E-state index in [2.05, 4.69) is 60.7 Å². The standard InChI is InChI=1S/C55H39N/c1-38-16-14-15-25-53(38)56-54-28-26-43(49-32-45(39-17-6-2-7-18-39)30-46(33-49)40-19-8-3-9-20-40)36-51(54)52-37-44(27-29-55(52)56)50-34-47(41-21-10-4-11-22-41)31-48(35-50)42-23-12-5-13-24-42/h2-37H,1H3/i1D3,17D,19D,21D,23D. The van der Waals surface area contributed by atoms with E-state index in [1.54, 1.807) is 36.4 Å². The van der Waals surface area contributed by atoms with Gasteiger partial charge in [-0.2, -0.15) is 0 Å². The average molecular weight is 721 g/mol. The largest absolute Gasteiger partial charge is 0.309 e. The summed E-state index contributed by atoms with van der Waals surface area (Å²) in [4.78, 5) is 0. The summed E-state index contributed by atoms with van der Waals surface area (Å²) in [7, 11) is 0. The van der Waals surface area contributed by atoms with E-state index in [1.165, 1.54) is 0 Å². The number of aryl methyl sites for hydroxylation is 1. The lowest BCUT2D eigenvalue weighted by molar-refractivity contribution is 1.15. The molecule has 1 nitrogen and oxygen atoms in total.